The van der Waals surface area contributed by atoms with Crippen molar-refractivity contribution in [1.82, 2.24) is 0 Å². The van der Waals surface area contributed by atoms with E-state index in [9.17, 15) is 4.79 Å². The van der Waals surface area contributed by atoms with E-state index in [2.05, 4.69) is 0 Å². The second-order valence-electron chi connectivity index (χ2n) is 2.89. The molecule has 2 rings (SSSR count). The number of fused-ring (bicyclic) bond motifs is 1. The fourth-order valence-corrected chi connectivity index (χ4v) is 1.79. The molecule has 1 aliphatic rings. The fraction of sp³-hybridized carbons (Fsp3) is 0.100. The van der Waals surface area contributed by atoms with Gasteiger partial charge < -0.3 is 5.11 Å². The first-order valence-electron chi connectivity index (χ1n) is 3.91. The first kappa shape index (κ1) is 8.32. The summed E-state index contributed by atoms with van der Waals surface area (Å²) >= 11 is 5.91. The van der Waals surface area contributed by atoms with E-state index in [4.69, 9.17) is 16.7 Å². The Bertz CT molecular complexity index is 407. The van der Waals surface area contributed by atoms with E-state index in [1.165, 1.54) is 0 Å². The summed E-state index contributed by atoms with van der Waals surface area (Å²) in [4.78, 5) is 10.8. The fourth-order valence-electron chi connectivity index (χ4n) is 1.54. The predicted molar refractivity (Wildman–Crippen MR) is 50.8 cm³/mol. The minimum atomic E-state index is -0.888. The van der Waals surface area contributed by atoms with Crippen LogP contribution in [0.2, 0.25) is 5.02 Å². The highest BCUT2D eigenvalue weighted by Gasteiger charge is 2.20. The van der Waals surface area contributed by atoms with E-state index < -0.39 is 5.97 Å². The zero-order valence-corrected chi connectivity index (χ0v) is 7.51. The van der Waals surface area contributed by atoms with Crippen molar-refractivity contribution in [1.29, 1.82) is 0 Å². The zero-order valence-electron chi connectivity index (χ0n) is 6.75. The first-order chi connectivity index (χ1) is 6.20. The van der Waals surface area contributed by atoms with Crippen LogP contribution in [-0.4, -0.2) is 11.1 Å². The van der Waals surface area contributed by atoms with Gasteiger partial charge in [0.15, 0.2) is 0 Å². The number of halogens is 1. The van der Waals surface area contributed by atoms with Crippen molar-refractivity contribution in [3.8, 4) is 0 Å². The molecule has 1 aromatic rings. The van der Waals surface area contributed by atoms with E-state index in [1.54, 1.807) is 24.3 Å². The molecule has 13 heavy (non-hydrogen) atoms. The van der Waals surface area contributed by atoms with Gasteiger partial charge in [-0.05, 0) is 23.6 Å². The SMILES string of the molecule is O=C(O)C1=CCc2c(Cl)cccc21. The highest BCUT2D eigenvalue weighted by atomic mass is 35.5. The van der Waals surface area contributed by atoms with Gasteiger partial charge in [-0.2, -0.15) is 0 Å². The van der Waals surface area contributed by atoms with Gasteiger partial charge in [0.05, 0.1) is 5.57 Å². The van der Waals surface area contributed by atoms with Crippen molar-refractivity contribution in [2.45, 2.75) is 6.42 Å². The number of benzene rings is 1. The first-order valence-corrected chi connectivity index (χ1v) is 4.29. The zero-order chi connectivity index (χ0) is 9.42. The molecule has 1 aromatic carbocycles. The molecule has 0 aliphatic heterocycles. The number of rotatable bonds is 1. The van der Waals surface area contributed by atoms with Crippen LogP contribution in [0.15, 0.2) is 24.3 Å². The summed E-state index contributed by atoms with van der Waals surface area (Å²) < 4.78 is 0. The quantitative estimate of drug-likeness (QED) is 0.745. The molecular weight excluding hydrogens is 188 g/mol. The molecule has 0 aromatic heterocycles. The monoisotopic (exact) mass is 194 g/mol. The molecule has 0 heterocycles. The van der Waals surface area contributed by atoms with Gasteiger partial charge in [0.2, 0.25) is 0 Å². The van der Waals surface area contributed by atoms with E-state index >= 15 is 0 Å². The topological polar surface area (TPSA) is 37.3 Å². The Labute approximate surface area is 80.5 Å². The third-order valence-corrected chi connectivity index (χ3v) is 2.50. The second-order valence-corrected chi connectivity index (χ2v) is 3.30. The van der Waals surface area contributed by atoms with Crippen LogP contribution in [0.5, 0.6) is 0 Å². The highest BCUT2D eigenvalue weighted by molar-refractivity contribution is 6.32. The summed E-state index contributed by atoms with van der Waals surface area (Å²) in [5.74, 6) is -0.888. The predicted octanol–water partition coefficient (Wildman–Crippen LogP) is 2.36. The Hall–Kier alpha value is -1.28. The lowest BCUT2D eigenvalue weighted by Gasteiger charge is -2.02. The van der Waals surface area contributed by atoms with Crippen LogP contribution >= 0.6 is 11.6 Å². The molecule has 0 bridgehead atoms. The third-order valence-electron chi connectivity index (χ3n) is 2.15. The molecule has 0 saturated carbocycles. The van der Waals surface area contributed by atoms with Crippen LogP contribution in [0.25, 0.3) is 5.57 Å². The highest BCUT2D eigenvalue weighted by Crippen LogP contribution is 2.32. The average molecular weight is 195 g/mol. The maximum Gasteiger partial charge on any atom is 0.335 e. The van der Waals surface area contributed by atoms with E-state index in [0.717, 1.165) is 11.1 Å². The van der Waals surface area contributed by atoms with Gasteiger partial charge in [0.25, 0.3) is 0 Å². The maximum absolute atomic E-state index is 10.8. The molecule has 0 unspecified atom stereocenters. The Morgan fingerprint density at radius 1 is 1.46 bits per heavy atom. The lowest BCUT2D eigenvalue weighted by Crippen LogP contribution is -1.97. The molecule has 0 saturated heterocycles. The van der Waals surface area contributed by atoms with Gasteiger partial charge in [0.1, 0.15) is 0 Å². The van der Waals surface area contributed by atoms with Crippen LogP contribution < -0.4 is 0 Å². The van der Waals surface area contributed by atoms with Crippen molar-refractivity contribution in [2.24, 2.45) is 0 Å². The molecule has 0 atom stereocenters. The van der Waals surface area contributed by atoms with Crippen LogP contribution in [-0.2, 0) is 11.2 Å². The van der Waals surface area contributed by atoms with Crippen molar-refractivity contribution in [3.05, 3.63) is 40.4 Å². The van der Waals surface area contributed by atoms with Gasteiger partial charge in [-0.3, -0.25) is 0 Å². The Morgan fingerprint density at radius 3 is 2.92 bits per heavy atom. The summed E-state index contributed by atoms with van der Waals surface area (Å²) in [5.41, 5.74) is 2.03. The van der Waals surface area contributed by atoms with Gasteiger partial charge in [0, 0.05) is 5.02 Å². The largest absolute Gasteiger partial charge is 0.478 e. The van der Waals surface area contributed by atoms with E-state index in [-0.39, 0.29) is 0 Å². The molecule has 0 fully saturated rings. The minimum absolute atomic E-state index is 0.359. The summed E-state index contributed by atoms with van der Waals surface area (Å²) in [5, 5.41) is 9.48. The number of allylic oxidation sites excluding steroid dienone is 1. The average Bonchev–Trinajstić information content (AvgIpc) is 2.48. The van der Waals surface area contributed by atoms with Gasteiger partial charge >= 0.3 is 5.97 Å². The lowest BCUT2D eigenvalue weighted by molar-refractivity contribution is -0.130. The number of hydrogen-bond acceptors (Lipinski definition) is 1. The van der Waals surface area contributed by atoms with Crippen LogP contribution in [0, 0.1) is 0 Å². The summed E-state index contributed by atoms with van der Waals surface area (Å²) in [6.07, 6.45) is 2.32. The number of carbonyl (C=O) groups is 1. The van der Waals surface area contributed by atoms with Gasteiger partial charge in [-0.15, -0.1) is 0 Å². The molecule has 0 spiro atoms. The lowest BCUT2D eigenvalue weighted by atomic mass is 10.1. The van der Waals surface area contributed by atoms with Crippen molar-refractivity contribution < 1.29 is 9.90 Å². The van der Waals surface area contributed by atoms with E-state index in [0.29, 0.717) is 17.0 Å². The molecule has 1 N–H and O–H groups in total. The van der Waals surface area contributed by atoms with Gasteiger partial charge in [-0.25, -0.2) is 4.79 Å². The van der Waals surface area contributed by atoms with Crippen molar-refractivity contribution in [2.75, 3.05) is 0 Å². The standard InChI is InChI=1S/C10H7ClO2/c11-9-3-1-2-6-7(9)4-5-8(6)10(12)13/h1-3,5H,4H2,(H,12,13). The number of carboxylic acid groups (broad SMARTS) is 1. The Balaban J connectivity index is 2.56. The summed E-state index contributed by atoms with van der Waals surface area (Å²) in [7, 11) is 0. The van der Waals surface area contributed by atoms with Crippen molar-refractivity contribution in [3.63, 3.8) is 0 Å². The Kier molecular flexibility index (Phi) is 1.85. The summed E-state index contributed by atoms with van der Waals surface area (Å²) in [6, 6.07) is 5.33. The maximum atomic E-state index is 10.8. The normalized spacial score (nSPS) is 13.8. The molecule has 66 valence electrons. The molecule has 3 heteroatoms. The van der Waals surface area contributed by atoms with Crippen LogP contribution in [0.1, 0.15) is 11.1 Å². The number of carboxylic acids is 1. The Morgan fingerprint density at radius 2 is 2.23 bits per heavy atom. The number of hydrogen-bond donors (Lipinski definition) is 1. The molecular formula is C10H7ClO2. The molecule has 1 aliphatic carbocycles. The molecule has 0 amide bonds. The van der Waals surface area contributed by atoms with E-state index in [1.807, 2.05) is 0 Å². The van der Waals surface area contributed by atoms with Gasteiger partial charge in [-0.1, -0.05) is 29.8 Å². The van der Waals surface area contributed by atoms with Crippen molar-refractivity contribution >= 4 is 23.1 Å². The summed E-state index contributed by atoms with van der Waals surface area (Å²) in [6.45, 7) is 0. The smallest absolute Gasteiger partial charge is 0.335 e. The second kappa shape index (κ2) is 2.89. The van der Waals surface area contributed by atoms with Crippen LogP contribution in [0.3, 0.4) is 0 Å². The minimum Gasteiger partial charge on any atom is -0.478 e. The third kappa shape index (κ3) is 1.23. The molecule has 2 nitrogen and oxygen atoms in total. The number of aliphatic carboxylic acids is 1. The molecule has 0 radical (unpaired) electrons. The van der Waals surface area contributed by atoms with Crippen LogP contribution in [0.4, 0.5) is 0 Å².